The van der Waals surface area contributed by atoms with Crippen LogP contribution in [0.2, 0.25) is 0 Å². The fourth-order valence-electron chi connectivity index (χ4n) is 4.04. The van der Waals surface area contributed by atoms with Gasteiger partial charge in [0, 0.05) is 26.2 Å². The first-order valence-electron chi connectivity index (χ1n) is 8.77. The van der Waals surface area contributed by atoms with E-state index in [2.05, 4.69) is 9.88 Å². The van der Waals surface area contributed by atoms with Crippen LogP contribution >= 0.6 is 0 Å². The van der Waals surface area contributed by atoms with E-state index in [9.17, 15) is 8.42 Å². The average Bonchev–Trinajstić information content (AvgIpc) is 3.34. The van der Waals surface area contributed by atoms with Gasteiger partial charge in [0.1, 0.15) is 5.52 Å². The second-order valence-corrected chi connectivity index (χ2v) is 8.96. The van der Waals surface area contributed by atoms with Gasteiger partial charge < -0.3 is 9.32 Å². The van der Waals surface area contributed by atoms with Crippen LogP contribution in [-0.2, 0) is 10.0 Å². The number of anilines is 1. The Bertz CT molecular complexity index is 1000. The van der Waals surface area contributed by atoms with Crippen molar-refractivity contribution in [1.29, 1.82) is 0 Å². The summed E-state index contributed by atoms with van der Waals surface area (Å²) in [7, 11) is -3.41. The van der Waals surface area contributed by atoms with Crippen LogP contribution in [0.1, 0.15) is 0 Å². The van der Waals surface area contributed by atoms with Gasteiger partial charge in [-0.3, -0.25) is 0 Å². The summed E-state index contributed by atoms with van der Waals surface area (Å²) in [6, 6.07) is 17.0. The van der Waals surface area contributed by atoms with Gasteiger partial charge in [-0.2, -0.15) is 9.29 Å². The SMILES string of the molecule is O=S(=O)(c1ccccc1)N1CC2CN(c3nc4ccccc4o3)CC2C1. The number of nitrogens with zero attached hydrogens (tertiary/aromatic N) is 3. The highest BCUT2D eigenvalue weighted by molar-refractivity contribution is 7.89. The lowest BCUT2D eigenvalue weighted by Crippen LogP contribution is -2.33. The Morgan fingerprint density at radius 1 is 0.885 bits per heavy atom. The maximum absolute atomic E-state index is 12.8. The van der Waals surface area contributed by atoms with Crippen LogP contribution in [-0.4, -0.2) is 43.9 Å². The summed E-state index contributed by atoms with van der Waals surface area (Å²) in [6.07, 6.45) is 0. The molecule has 0 saturated carbocycles. The first-order chi connectivity index (χ1) is 12.6. The lowest BCUT2D eigenvalue weighted by Gasteiger charge is -2.20. The molecule has 7 heteroatoms. The Kier molecular flexibility index (Phi) is 3.55. The highest BCUT2D eigenvalue weighted by Crippen LogP contribution is 2.36. The van der Waals surface area contributed by atoms with E-state index < -0.39 is 10.0 Å². The van der Waals surface area contributed by atoms with Crippen molar-refractivity contribution < 1.29 is 12.8 Å². The molecule has 2 aliphatic heterocycles. The molecule has 5 rings (SSSR count). The largest absolute Gasteiger partial charge is 0.423 e. The molecule has 2 aliphatic rings. The number of sulfonamides is 1. The van der Waals surface area contributed by atoms with Crippen molar-refractivity contribution in [3.8, 4) is 0 Å². The molecular formula is C19H19N3O3S. The zero-order valence-electron chi connectivity index (χ0n) is 14.2. The Morgan fingerprint density at radius 2 is 1.54 bits per heavy atom. The molecule has 0 bridgehead atoms. The Hall–Kier alpha value is -2.38. The van der Waals surface area contributed by atoms with Crippen molar-refractivity contribution in [2.75, 3.05) is 31.1 Å². The number of para-hydroxylation sites is 2. The van der Waals surface area contributed by atoms with E-state index in [1.165, 1.54) is 0 Å². The predicted molar refractivity (Wildman–Crippen MR) is 98.4 cm³/mol. The van der Waals surface area contributed by atoms with Crippen LogP contribution in [0, 0.1) is 11.8 Å². The molecule has 2 aromatic carbocycles. The highest BCUT2D eigenvalue weighted by Gasteiger charge is 2.45. The van der Waals surface area contributed by atoms with E-state index in [-0.39, 0.29) is 0 Å². The average molecular weight is 369 g/mol. The normalized spacial score (nSPS) is 23.6. The molecule has 6 nitrogen and oxygen atoms in total. The van der Waals surface area contributed by atoms with Crippen LogP contribution in [0.3, 0.4) is 0 Å². The molecule has 3 aromatic rings. The summed E-state index contributed by atoms with van der Waals surface area (Å²) < 4.78 is 33.1. The van der Waals surface area contributed by atoms with E-state index in [0.717, 1.165) is 24.2 Å². The molecule has 1 aromatic heterocycles. The van der Waals surface area contributed by atoms with Crippen LogP contribution in [0.5, 0.6) is 0 Å². The standard InChI is InChI=1S/C19H19N3O3S/c23-26(24,16-6-2-1-3-7-16)22-12-14-10-21(11-15(14)13-22)19-20-17-8-4-5-9-18(17)25-19/h1-9,14-15H,10-13H2. The smallest absolute Gasteiger partial charge is 0.298 e. The van der Waals surface area contributed by atoms with Crippen molar-refractivity contribution in [2.45, 2.75) is 4.90 Å². The monoisotopic (exact) mass is 369 g/mol. The number of aromatic nitrogens is 1. The minimum Gasteiger partial charge on any atom is -0.423 e. The van der Waals surface area contributed by atoms with Crippen molar-refractivity contribution in [1.82, 2.24) is 9.29 Å². The molecule has 3 heterocycles. The highest BCUT2D eigenvalue weighted by atomic mass is 32.2. The lowest BCUT2D eigenvalue weighted by atomic mass is 10.0. The molecule has 2 saturated heterocycles. The maximum atomic E-state index is 12.8. The summed E-state index contributed by atoms with van der Waals surface area (Å²) in [6.45, 7) is 2.66. The van der Waals surface area contributed by atoms with Crippen LogP contribution in [0.25, 0.3) is 11.1 Å². The van der Waals surface area contributed by atoms with Crippen molar-refractivity contribution in [2.24, 2.45) is 11.8 Å². The molecular weight excluding hydrogens is 350 g/mol. The Balaban J connectivity index is 1.33. The number of hydrogen-bond acceptors (Lipinski definition) is 5. The first kappa shape index (κ1) is 15.8. The fraction of sp³-hybridized carbons (Fsp3) is 0.316. The van der Waals surface area contributed by atoms with Crippen molar-refractivity contribution in [3.05, 3.63) is 54.6 Å². The molecule has 0 aliphatic carbocycles. The molecule has 0 spiro atoms. The molecule has 2 fully saturated rings. The number of hydrogen-bond donors (Lipinski definition) is 0. The molecule has 0 radical (unpaired) electrons. The van der Waals surface area contributed by atoms with Crippen molar-refractivity contribution >= 4 is 27.1 Å². The van der Waals surface area contributed by atoms with Gasteiger partial charge in [-0.1, -0.05) is 30.3 Å². The van der Waals surface area contributed by atoms with Gasteiger partial charge in [-0.05, 0) is 36.1 Å². The van der Waals surface area contributed by atoms with Crippen molar-refractivity contribution in [3.63, 3.8) is 0 Å². The maximum Gasteiger partial charge on any atom is 0.298 e. The Labute approximate surface area is 152 Å². The van der Waals surface area contributed by atoms with Gasteiger partial charge in [0.25, 0.3) is 6.01 Å². The van der Waals surface area contributed by atoms with E-state index in [1.807, 2.05) is 30.3 Å². The third kappa shape index (κ3) is 2.50. The number of rotatable bonds is 3. The van der Waals surface area contributed by atoms with E-state index in [0.29, 0.717) is 35.8 Å². The minimum atomic E-state index is -3.41. The molecule has 0 N–H and O–H groups in total. The minimum absolute atomic E-state index is 0.309. The lowest BCUT2D eigenvalue weighted by molar-refractivity contribution is 0.450. The van der Waals surface area contributed by atoms with Gasteiger partial charge in [0.05, 0.1) is 4.90 Å². The first-order valence-corrected chi connectivity index (χ1v) is 10.2. The van der Waals surface area contributed by atoms with Crippen LogP contribution in [0.15, 0.2) is 63.9 Å². The molecule has 0 amide bonds. The number of oxazole rings is 1. The van der Waals surface area contributed by atoms with Gasteiger partial charge in [0.15, 0.2) is 5.58 Å². The second kappa shape index (κ2) is 5.82. The van der Waals surface area contributed by atoms with Gasteiger partial charge in [-0.25, -0.2) is 8.42 Å². The van der Waals surface area contributed by atoms with E-state index in [1.54, 1.807) is 28.6 Å². The predicted octanol–water partition coefficient (Wildman–Crippen LogP) is 2.58. The molecule has 134 valence electrons. The molecule has 2 atom stereocenters. The summed E-state index contributed by atoms with van der Waals surface area (Å²) in [4.78, 5) is 7.08. The topological polar surface area (TPSA) is 66.7 Å². The fourth-order valence-corrected chi connectivity index (χ4v) is 5.61. The zero-order chi connectivity index (χ0) is 17.7. The Morgan fingerprint density at radius 3 is 2.23 bits per heavy atom. The number of fused-ring (bicyclic) bond motifs is 2. The third-order valence-corrected chi connectivity index (χ3v) is 7.23. The van der Waals surface area contributed by atoms with Crippen LogP contribution in [0.4, 0.5) is 6.01 Å². The van der Waals surface area contributed by atoms with E-state index >= 15 is 0 Å². The van der Waals surface area contributed by atoms with Crippen LogP contribution < -0.4 is 4.90 Å². The third-order valence-electron chi connectivity index (χ3n) is 5.39. The summed E-state index contributed by atoms with van der Waals surface area (Å²) in [5.41, 5.74) is 1.64. The zero-order valence-corrected chi connectivity index (χ0v) is 15.0. The summed E-state index contributed by atoms with van der Waals surface area (Å²) >= 11 is 0. The summed E-state index contributed by atoms with van der Waals surface area (Å²) in [5.74, 6) is 0.618. The second-order valence-electron chi connectivity index (χ2n) is 7.02. The number of benzene rings is 2. The van der Waals surface area contributed by atoms with Gasteiger partial charge in [0.2, 0.25) is 10.0 Å². The van der Waals surface area contributed by atoms with E-state index in [4.69, 9.17) is 4.42 Å². The van der Waals surface area contributed by atoms with Gasteiger partial charge >= 0.3 is 0 Å². The summed E-state index contributed by atoms with van der Waals surface area (Å²) in [5, 5.41) is 0. The quantitative estimate of drug-likeness (QED) is 0.710. The molecule has 26 heavy (non-hydrogen) atoms. The molecule has 2 unspecified atom stereocenters. The van der Waals surface area contributed by atoms with Gasteiger partial charge in [-0.15, -0.1) is 0 Å².